The van der Waals surface area contributed by atoms with Crippen molar-refractivity contribution in [1.82, 2.24) is 15.2 Å². The molecule has 0 saturated carbocycles. The highest BCUT2D eigenvalue weighted by atomic mass is 32.2. The Labute approximate surface area is 133 Å². The van der Waals surface area contributed by atoms with Gasteiger partial charge in [0.1, 0.15) is 5.75 Å². The van der Waals surface area contributed by atoms with Gasteiger partial charge in [-0.25, -0.2) is 4.98 Å². The molecule has 22 heavy (non-hydrogen) atoms. The molecule has 3 rings (SSSR count). The first-order chi connectivity index (χ1) is 10.9. The number of H-pyrrole nitrogens is 1. The first-order valence-corrected chi connectivity index (χ1v) is 8.16. The Bertz CT molecular complexity index is 728. The summed E-state index contributed by atoms with van der Waals surface area (Å²) in [6.45, 7) is 2.66. The molecule has 0 saturated heterocycles. The van der Waals surface area contributed by atoms with E-state index in [4.69, 9.17) is 4.74 Å². The summed E-state index contributed by atoms with van der Waals surface area (Å²) in [4.78, 5) is 4.53. The minimum atomic E-state index is 0.667. The summed E-state index contributed by atoms with van der Waals surface area (Å²) in [7, 11) is 0. The van der Waals surface area contributed by atoms with Gasteiger partial charge in [0.15, 0.2) is 5.82 Å². The Morgan fingerprint density at radius 1 is 1.05 bits per heavy atom. The summed E-state index contributed by atoms with van der Waals surface area (Å²) >= 11 is 1.60. The van der Waals surface area contributed by atoms with E-state index >= 15 is 0 Å². The molecule has 1 heterocycles. The molecule has 1 aromatic heterocycles. The summed E-state index contributed by atoms with van der Waals surface area (Å²) in [6, 6.07) is 18.1. The van der Waals surface area contributed by atoms with Crippen LogP contribution in [-0.2, 0) is 5.75 Å². The zero-order chi connectivity index (χ0) is 15.2. The van der Waals surface area contributed by atoms with Crippen LogP contribution in [0.1, 0.15) is 12.5 Å². The number of nitrogens with one attached hydrogen (secondary N) is 1. The molecule has 1 N–H and O–H groups in total. The molecule has 5 heteroatoms. The summed E-state index contributed by atoms with van der Waals surface area (Å²) in [5, 5.41) is 8.00. The van der Waals surface area contributed by atoms with Crippen LogP contribution in [-0.4, -0.2) is 21.8 Å². The molecule has 3 aromatic rings. The first kappa shape index (κ1) is 14.7. The minimum absolute atomic E-state index is 0.667. The van der Waals surface area contributed by atoms with Gasteiger partial charge in [0.25, 0.3) is 0 Å². The van der Waals surface area contributed by atoms with E-state index in [1.807, 2.05) is 55.5 Å². The van der Waals surface area contributed by atoms with E-state index in [0.717, 1.165) is 33.6 Å². The maximum absolute atomic E-state index is 5.64. The highest BCUT2D eigenvalue weighted by Gasteiger charge is 2.08. The second-order valence-electron chi connectivity index (χ2n) is 4.66. The fourth-order valence-corrected chi connectivity index (χ4v) is 2.89. The Morgan fingerprint density at radius 2 is 1.82 bits per heavy atom. The number of benzene rings is 2. The van der Waals surface area contributed by atoms with Crippen molar-refractivity contribution in [1.29, 1.82) is 0 Å². The largest absolute Gasteiger partial charge is 0.494 e. The van der Waals surface area contributed by atoms with Crippen LogP contribution in [0, 0.1) is 0 Å². The van der Waals surface area contributed by atoms with Gasteiger partial charge >= 0.3 is 0 Å². The Kier molecular flexibility index (Phi) is 4.75. The molecule has 4 nitrogen and oxygen atoms in total. The predicted octanol–water partition coefficient (Wildman–Crippen LogP) is 4.16. The van der Waals surface area contributed by atoms with Gasteiger partial charge < -0.3 is 4.74 Å². The molecular formula is C17H17N3OS. The van der Waals surface area contributed by atoms with Crippen LogP contribution in [0.25, 0.3) is 11.4 Å². The van der Waals surface area contributed by atoms with Gasteiger partial charge in [0.05, 0.1) is 6.61 Å². The lowest BCUT2D eigenvalue weighted by Crippen LogP contribution is -1.95. The van der Waals surface area contributed by atoms with Gasteiger partial charge in [0.2, 0.25) is 5.16 Å². The molecule has 0 aliphatic rings. The quantitative estimate of drug-likeness (QED) is 0.694. The standard InChI is InChI=1S/C17H17N3OS/c1-2-21-15-11-7-6-10-14(15)12-22-17-18-16(19-20-17)13-8-4-3-5-9-13/h3-11H,2,12H2,1H3,(H,18,19,20). The van der Waals surface area contributed by atoms with Crippen LogP contribution >= 0.6 is 11.8 Å². The van der Waals surface area contributed by atoms with E-state index in [1.54, 1.807) is 11.8 Å². The number of rotatable bonds is 6. The van der Waals surface area contributed by atoms with E-state index in [9.17, 15) is 0 Å². The van der Waals surface area contributed by atoms with Crippen molar-refractivity contribution in [3.8, 4) is 17.1 Å². The van der Waals surface area contributed by atoms with Crippen molar-refractivity contribution in [3.63, 3.8) is 0 Å². The SMILES string of the molecule is CCOc1ccccc1CSc1n[nH]c(-c2ccccc2)n1. The fraction of sp³-hybridized carbons (Fsp3) is 0.176. The van der Waals surface area contributed by atoms with E-state index in [2.05, 4.69) is 21.2 Å². The second kappa shape index (κ2) is 7.13. The summed E-state index contributed by atoms with van der Waals surface area (Å²) < 4.78 is 5.64. The zero-order valence-corrected chi connectivity index (χ0v) is 13.1. The monoisotopic (exact) mass is 311 g/mol. The number of thioether (sulfide) groups is 1. The second-order valence-corrected chi connectivity index (χ2v) is 5.60. The van der Waals surface area contributed by atoms with Crippen molar-refractivity contribution in [3.05, 3.63) is 60.2 Å². The third-order valence-corrected chi connectivity index (χ3v) is 4.04. The Morgan fingerprint density at radius 3 is 2.64 bits per heavy atom. The van der Waals surface area contributed by atoms with E-state index < -0.39 is 0 Å². The van der Waals surface area contributed by atoms with Gasteiger partial charge in [-0.3, -0.25) is 5.10 Å². The number of hydrogen-bond donors (Lipinski definition) is 1. The average molecular weight is 311 g/mol. The molecule has 0 fully saturated rings. The van der Waals surface area contributed by atoms with Gasteiger partial charge in [-0.1, -0.05) is 60.3 Å². The molecule has 0 aliphatic heterocycles. The average Bonchev–Trinajstić information content (AvgIpc) is 3.04. The van der Waals surface area contributed by atoms with Crippen LogP contribution in [0.15, 0.2) is 59.8 Å². The maximum Gasteiger partial charge on any atom is 0.209 e. The van der Waals surface area contributed by atoms with Crippen LogP contribution in [0.4, 0.5) is 0 Å². The molecule has 0 bridgehead atoms. The van der Waals surface area contributed by atoms with E-state index in [-0.39, 0.29) is 0 Å². The number of hydrogen-bond acceptors (Lipinski definition) is 4. The molecule has 0 spiro atoms. The first-order valence-electron chi connectivity index (χ1n) is 7.18. The van der Waals surface area contributed by atoms with Crippen molar-refractivity contribution in [2.24, 2.45) is 0 Å². The summed E-state index contributed by atoms with van der Waals surface area (Å²) in [5.74, 6) is 2.50. The maximum atomic E-state index is 5.64. The number of aromatic nitrogens is 3. The third-order valence-electron chi connectivity index (χ3n) is 3.14. The summed E-state index contributed by atoms with van der Waals surface area (Å²) in [5.41, 5.74) is 2.19. The van der Waals surface area contributed by atoms with Crippen LogP contribution in [0.5, 0.6) is 5.75 Å². The van der Waals surface area contributed by atoms with Crippen LogP contribution < -0.4 is 4.74 Å². The van der Waals surface area contributed by atoms with Crippen molar-refractivity contribution < 1.29 is 4.74 Å². The number of nitrogens with zero attached hydrogens (tertiary/aromatic N) is 2. The van der Waals surface area contributed by atoms with Gasteiger partial charge in [0, 0.05) is 16.9 Å². The lowest BCUT2D eigenvalue weighted by molar-refractivity contribution is 0.337. The molecule has 2 aromatic carbocycles. The van der Waals surface area contributed by atoms with Gasteiger partial charge in [-0.15, -0.1) is 5.10 Å². The van der Waals surface area contributed by atoms with E-state index in [0.29, 0.717) is 6.61 Å². The Balaban J connectivity index is 1.69. The van der Waals surface area contributed by atoms with Crippen molar-refractivity contribution in [2.75, 3.05) is 6.61 Å². The van der Waals surface area contributed by atoms with Gasteiger partial charge in [-0.2, -0.15) is 0 Å². The Hall–Kier alpha value is -2.27. The normalized spacial score (nSPS) is 10.6. The zero-order valence-electron chi connectivity index (χ0n) is 12.3. The van der Waals surface area contributed by atoms with Gasteiger partial charge in [-0.05, 0) is 13.0 Å². The van der Waals surface area contributed by atoms with E-state index in [1.165, 1.54) is 0 Å². The fourth-order valence-electron chi connectivity index (χ4n) is 2.10. The van der Waals surface area contributed by atoms with Crippen molar-refractivity contribution >= 4 is 11.8 Å². The van der Waals surface area contributed by atoms with Crippen LogP contribution in [0.2, 0.25) is 0 Å². The molecule has 0 amide bonds. The number of para-hydroxylation sites is 1. The topological polar surface area (TPSA) is 50.8 Å². The summed E-state index contributed by atoms with van der Waals surface area (Å²) in [6.07, 6.45) is 0. The number of aromatic amines is 1. The molecule has 0 atom stereocenters. The highest BCUT2D eigenvalue weighted by molar-refractivity contribution is 7.98. The molecular weight excluding hydrogens is 294 g/mol. The molecule has 0 radical (unpaired) electrons. The minimum Gasteiger partial charge on any atom is -0.494 e. The molecule has 0 aliphatic carbocycles. The van der Waals surface area contributed by atoms with Crippen LogP contribution in [0.3, 0.4) is 0 Å². The molecule has 112 valence electrons. The van der Waals surface area contributed by atoms with Crippen molar-refractivity contribution in [2.45, 2.75) is 17.8 Å². The highest BCUT2D eigenvalue weighted by Crippen LogP contribution is 2.27. The predicted molar refractivity (Wildman–Crippen MR) is 89.0 cm³/mol. The third kappa shape index (κ3) is 3.49. The lowest BCUT2D eigenvalue weighted by Gasteiger charge is -2.08. The smallest absolute Gasteiger partial charge is 0.209 e. The number of ether oxygens (including phenoxy) is 1. The lowest BCUT2D eigenvalue weighted by atomic mass is 10.2. The molecule has 0 unspecified atom stereocenters.